The number of phenolic OH excluding ortho intramolecular Hbond substituents is 2. The Hall–Kier alpha value is -2.04. The van der Waals surface area contributed by atoms with Gasteiger partial charge in [0.05, 0.1) is 6.54 Å². The van der Waals surface area contributed by atoms with E-state index in [2.05, 4.69) is 0 Å². The molecule has 2 N–H and O–H groups in total. The fourth-order valence-corrected chi connectivity index (χ4v) is 1.50. The van der Waals surface area contributed by atoms with Crippen LogP contribution in [0.15, 0.2) is 18.2 Å². The average Bonchev–Trinajstić information content (AvgIpc) is 2.32. The van der Waals surface area contributed by atoms with Crippen molar-refractivity contribution < 1.29 is 19.8 Å². The van der Waals surface area contributed by atoms with Crippen molar-refractivity contribution in [1.82, 2.24) is 4.90 Å². The molecule has 0 aliphatic rings. The zero-order valence-corrected chi connectivity index (χ0v) is 10.5. The molecule has 1 aromatic rings. The summed E-state index contributed by atoms with van der Waals surface area (Å²) in [5.41, 5.74) is 0.265. The van der Waals surface area contributed by atoms with Gasteiger partial charge in [0.25, 0.3) is 0 Å². The summed E-state index contributed by atoms with van der Waals surface area (Å²) >= 11 is 0. The second kappa shape index (κ2) is 6.05. The van der Waals surface area contributed by atoms with Gasteiger partial charge in [-0.3, -0.25) is 9.59 Å². The van der Waals surface area contributed by atoms with E-state index in [4.69, 9.17) is 5.11 Å². The summed E-state index contributed by atoms with van der Waals surface area (Å²) in [6.07, 6.45) is 1.14. The maximum absolute atomic E-state index is 11.8. The molecule has 0 spiro atoms. The third kappa shape index (κ3) is 3.48. The fraction of sp³-hybridized carbons (Fsp3) is 0.385. The summed E-state index contributed by atoms with van der Waals surface area (Å²) in [5.74, 6) is -0.989. The Morgan fingerprint density at radius 2 is 1.89 bits per heavy atom. The molecule has 0 aromatic heterocycles. The highest BCUT2D eigenvalue weighted by Gasteiger charge is 2.14. The molecule has 0 bridgehead atoms. The number of nitrogens with zero attached hydrogens (tertiary/aromatic N) is 1. The molecular weight excluding hydrogens is 234 g/mol. The minimum absolute atomic E-state index is 0.0386. The predicted molar refractivity (Wildman–Crippen MR) is 66.6 cm³/mol. The van der Waals surface area contributed by atoms with Crippen LogP contribution in [0.1, 0.15) is 30.1 Å². The van der Waals surface area contributed by atoms with Crippen molar-refractivity contribution in [1.29, 1.82) is 0 Å². The molecule has 1 rings (SSSR count). The second-order valence-corrected chi connectivity index (χ2v) is 4.13. The summed E-state index contributed by atoms with van der Waals surface area (Å²) in [5, 5.41) is 18.4. The summed E-state index contributed by atoms with van der Waals surface area (Å²) in [6, 6.07) is 3.85. The SMILES string of the molecule is CCCC(=O)N(C)CC(=O)c1ccc(O)c(O)c1. The maximum Gasteiger partial charge on any atom is 0.222 e. The van der Waals surface area contributed by atoms with Gasteiger partial charge < -0.3 is 15.1 Å². The van der Waals surface area contributed by atoms with Crippen LogP contribution in [-0.4, -0.2) is 40.4 Å². The standard InChI is InChI=1S/C13H17NO4/c1-3-4-13(18)14(2)8-12(17)9-5-6-10(15)11(16)7-9/h5-7,15-16H,3-4,8H2,1-2H3. The van der Waals surface area contributed by atoms with Gasteiger partial charge in [0, 0.05) is 19.0 Å². The molecule has 5 nitrogen and oxygen atoms in total. The number of aromatic hydroxyl groups is 2. The van der Waals surface area contributed by atoms with Crippen molar-refractivity contribution in [3.8, 4) is 11.5 Å². The van der Waals surface area contributed by atoms with Crippen LogP contribution < -0.4 is 0 Å². The summed E-state index contributed by atoms with van der Waals surface area (Å²) in [4.78, 5) is 24.7. The molecule has 0 unspecified atom stereocenters. The number of ketones is 1. The van der Waals surface area contributed by atoms with Gasteiger partial charge in [-0.2, -0.15) is 0 Å². The number of hydrogen-bond donors (Lipinski definition) is 2. The first kappa shape index (κ1) is 14.0. The van der Waals surface area contributed by atoms with E-state index in [1.807, 2.05) is 6.92 Å². The van der Waals surface area contributed by atoms with E-state index in [0.717, 1.165) is 6.42 Å². The van der Waals surface area contributed by atoms with Crippen LogP contribution in [-0.2, 0) is 4.79 Å². The first-order valence-electron chi connectivity index (χ1n) is 5.74. The first-order valence-corrected chi connectivity index (χ1v) is 5.74. The van der Waals surface area contributed by atoms with Gasteiger partial charge >= 0.3 is 0 Å². The Balaban J connectivity index is 2.70. The van der Waals surface area contributed by atoms with Crippen LogP contribution in [0.4, 0.5) is 0 Å². The number of phenols is 2. The van der Waals surface area contributed by atoms with E-state index in [9.17, 15) is 14.7 Å². The molecule has 98 valence electrons. The second-order valence-electron chi connectivity index (χ2n) is 4.13. The minimum Gasteiger partial charge on any atom is -0.504 e. The van der Waals surface area contributed by atoms with E-state index in [-0.39, 0.29) is 35.3 Å². The van der Waals surface area contributed by atoms with Crippen molar-refractivity contribution in [2.45, 2.75) is 19.8 Å². The lowest BCUT2D eigenvalue weighted by Gasteiger charge is -2.15. The van der Waals surface area contributed by atoms with Gasteiger partial charge in [-0.15, -0.1) is 0 Å². The van der Waals surface area contributed by atoms with Crippen LogP contribution >= 0.6 is 0 Å². The lowest BCUT2D eigenvalue weighted by Crippen LogP contribution is -2.31. The molecule has 18 heavy (non-hydrogen) atoms. The predicted octanol–water partition coefficient (Wildman–Crippen LogP) is 1.54. The molecule has 0 heterocycles. The molecule has 0 aliphatic carbocycles. The van der Waals surface area contributed by atoms with Crippen molar-refractivity contribution in [3.63, 3.8) is 0 Å². The monoisotopic (exact) mass is 251 g/mol. The molecule has 0 fully saturated rings. The van der Waals surface area contributed by atoms with E-state index >= 15 is 0 Å². The Kier molecular flexibility index (Phi) is 4.71. The summed E-state index contributed by atoms with van der Waals surface area (Å²) in [6.45, 7) is 1.86. The molecule has 5 heteroatoms. The van der Waals surface area contributed by atoms with Gasteiger partial charge in [0.1, 0.15) is 0 Å². The topological polar surface area (TPSA) is 77.8 Å². The average molecular weight is 251 g/mol. The number of carbonyl (C=O) groups is 2. The number of amides is 1. The third-order valence-electron chi connectivity index (χ3n) is 2.57. The number of likely N-dealkylation sites (N-methyl/N-ethyl adjacent to an activating group) is 1. The lowest BCUT2D eigenvalue weighted by molar-refractivity contribution is -0.129. The van der Waals surface area contributed by atoms with E-state index < -0.39 is 0 Å². The lowest BCUT2D eigenvalue weighted by atomic mass is 10.1. The van der Waals surface area contributed by atoms with Crippen LogP contribution in [0, 0.1) is 0 Å². The van der Waals surface area contributed by atoms with Crippen molar-refractivity contribution in [2.24, 2.45) is 0 Å². The normalized spacial score (nSPS) is 10.1. The number of benzene rings is 1. The van der Waals surface area contributed by atoms with E-state index in [0.29, 0.717) is 6.42 Å². The maximum atomic E-state index is 11.8. The molecule has 0 saturated carbocycles. The van der Waals surface area contributed by atoms with Gasteiger partial charge in [0.2, 0.25) is 5.91 Å². The Labute approximate surface area is 106 Å². The zero-order valence-electron chi connectivity index (χ0n) is 10.5. The summed E-state index contributed by atoms with van der Waals surface area (Å²) < 4.78 is 0. The zero-order chi connectivity index (χ0) is 13.7. The molecule has 0 saturated heterocycles. The van der Waals surface area contributed by atoms with Gasteiger partial charge in [-0.1, -0.05) is 6.92 Å². The first-order chi connectivity index (χ1) is 8.45. The van der Waals surface area contributed by atoms with Crippen LogP contribution in [0.2, 0.25) is 0 Å². The molecule has 0 aliphatic heterocycles. The van der Waals surface area contributed by atoms with E-state index in [1.54, 1.807) is 7.05 Å². The highest BCUT2D eigenvalue weighted by atomic mass is 16.3. The number of Topliss-reactive ketones (excluding diaryl/α,β-unsaturated/α-hetero) is 1. The van der Waals surface area contributed by atoms with Crippen LogP contribution in [0.25, 0.3) is 0 Å². The summed E-state index contributed by atoms with van der Waals surface area (Å²) in [7, 11) is 1.57. The van der Waals surface area contributed by atoms with Crippen molar-refractivity contribution in [3.05, 3.63) is 23.8 Å². The molecule has 0 radical (unpaired) electrons. The van der Waals surface area contributed by atoms with Gasteiger partial charge in [-0.05, 0) is 24.6 Å². The highest BCUT2D eigenvalue weighted by Crippen LogP contribution is 2.25. The van der Waals surface area contributed by atoms with E-state index in [1.165, 1.54) is 23.1 Å². The Morgan fingerprint density at radius 1 is 1.22 bits per heavy atom. The number of hydrogen-bond acceptors (Lipinski definition) is 4. The largest absolute Gasteiger partial charge is 0.504 e. The number of rotatable bonds is 5. The highest BCUT2D eigenvalue weighted by molar-refractivity contribution is 5.99. The van der Waals surface area contributed by atoms with Crippen molar-refractivity contribution in [2.75, 3.05) is 13.6 Å². The van der Waals surface area contributed by atoms with Crippen molar-refractivity contribution >= 4 is 11.7 Å². The third-order valence-corrected chi connectivity index (χ3v) is 2.57. The molecule has 0 atom stereocenters. The molecular formula is C13H17NO4. The minimum atomic E-state index is -0.344. The smallest absolute Gasteiger partial charge is 0.222 e. The molecule has 1 aromatic carbocycles. The quantitative estimate of drug-likeness (QED) is 0.614. The molecule has 1 amide bonds. The van der Waals surface area contributed by atoms with Crippen LogP contribution in [0.3, 0.4) is 0 Å². The van der Waals surface area contributed by atoms with Crippen LogP contribution in [0.5, 0.6) is 11.5 Å². The Bertz CT molecular complexity index is 456. The number of carbonyl (C=O) groups excluding carboxylic acids is 2. The fourth-order valence-electron chi connectivity index (χ4n) is 1.50. The van der Waals surface area contributed by atoms with Gasteiger partial charge in [-0.25, -0.2) is 0 Å². The van der Waals surface area contributed by atoms with Gasteiger partial charge in [0.15, 0.2) is 17.3 Å². The Morgan fingerprint density at radius 3 is 2.44 bits per heavy atom.